The maximum atomic E-state index is 13.1. The number of amides is 1. The van der Waals surface area contributed by atoms with Gasteiger partial charge in [0.25, 0.3) is 5.91 Å². The normalized spacial score (nSPS) is 14.5. The monoisotopic (exact) mass is 331 g/mol. The fourth-order valence-corrected chi connectivity index (χ4v) is 1.82. The summed E-state index contributed by atoms with van der Waals surface area (Å²) in [5.41, 5.74) is -4.57. The first-order valence-electron chi connectivity index (χ1n) is 6.32. The Morgan fingerprint density at radius 2 is 2.00 bits per heavy atom. The summed E-state index contributed by atoms with van der Waals surface area (Å²) in [6.45, 7) is 0.146. The first-order valence-corrected chi connectivity index (χ1v) is 6.32. The molecule has 124 valence electrons. The third-order valence-corrected chi connectivity index (χ3v) is 3.07. The van der Waals surface area contributed by atoms with Crippen LogP contribution >= 0.6 is 0 Å². The van der Waals surface area contributed by atoms with E-state index in [0.29, 0.717) is 0 Å². The molecule has 0 aliphatic carbocycles. The number of pyridine rings is 1. The molecule has 0 saturated carbocycles. The van der Waals surface area contributed by atoms with Crippen molar-refractivity contribution >= 4 is 17.5 Å². The molecule has 0 bridgehead atoms. The summed E-state index contributed by atoms with van der Waals surface area (Å²) >= 11 is 0. The van der Waals surface area contributed by atoms with Crippen LogP contribution in [0.3, 0.4) is 0 Å². The molecule has 0 fully saturated rings. The maximum Gasteiger partial charge on any atom is 0.435 e. The fourth-order valence-electron chi connectivity index (χ4n) is 1.82. The second-order valence-electron chi connectivity index (χ2n) is 5.00. The Morgan fingerprint density at radius 3 is 2.57 bits per heavy atom. The summed E-state index contributed by atoms with van der Waals surface area (Å²) < 4.78 is 40.1. The van der Waals surface area contributed by atoms with Gasteiger partial charge in [-0.25, -0.2) is 9.78 Å². The van der Waals surface area contributed by atoms with Crippen LogP contribution in [-0.2, 0) is 11.0 Å². The van der Waals surface area contributed by atoms with Gasteiger partial charge in [0, 0.05) is 6.20 Å². The van der Waals surface area contributed by atoms with E-state index in [-0.39, 0.29) is 5.65 Å². The number of imidazole rings is 1. The number of aromatic nitrogens is 2. The van der Waals surface area contributed by atoms with E-state index in [4.69, 9.17) is 5.11 Å². The SMILES string of the molecule is CC(O)(CNC(=O)c1c(C(F)(F)F)nc2ccccn12)C(=O)O. The number of carbonyl (C=O) groups is 2. The van der Waals surface area contributed by atoms with Gasteiger partial charge in [0.15, 0.2) is 11.3 Å². The third kappa shape index (κ3) is 3.26. The number of alkyl halides is 3. The van der Waals surface area contributed by atoms with Crippen LogP contribution in [-0.4, -0.2) is 43.6 Å². The summed E-state index contributed by atoms with van der Waals surface area (Å²) in [5, 5.41) is 20.2. The van der Waals surface area contributed by atoms with E-state index < -0.39 is 41.6 Å². The molecule has 1 amide bonds. The van der Waals surface area contributed by atoms with Crippen LogP contribution in [0.1, 0.15) is 23.1 Å². The molecule has 0 aliphatic rings. The Bertz CT molecular complexity index is 767. The standard InChI is InChI=1S/C13H12F3N3O4/c1-12(23,11(21)22)6-17-10(20)8-9(13(14,15)16)18-7-4-2-3-5-19(7)8/h2-5,23H,6H2,1H3,(H,17,20)(H,21,22). The number of fused-ring (bicyclic) bond motifs is 1. The molecule has 7 nitrogen and oxygen atoms in total. The molecule has 2 aromatic rings. The number of hydrogen-bond acceptors (Lipinski definition) is 4. The summed E-state index contributed by atoms with van der Waals surface area (Å²) in [7, 11) is 0. The average molecular weight is 331 g/mol. The van der Waals surface area contributed by atoms with E-state index in [9.17, 15) is 27.9 Å². The number of halogens is 3. The van der Waals surface area contributed by atoms with Gasteiger partial charge in [-0.1, -0.05) is 6.07 Å². The topological polar surface area (TPSA) is 104 Å². The zero-order chi connectivity index (χ0) is 17.4. The lowest BCUT2D eigenvalue weighted by Crippen LogP contribution is -2.47. The van der Waals surface area contributed by atoms with E-state index in [2.05, 4.69) is 4.98 Å². The molecular formula is C13H12F3N3O4. The molecule has 10 heteroatoms. The van der Waals surface area contributed by atoms with Gasteiger partial charge in [-0.05, 0) is 19.1 Å². The van der Waals surface area contributed by atoms with Crippen molar-refractivity contribution in [1.82, 2.24) is 14.7 Å². The molecule has 0 saturated heterocycles. The van der Waals surface area contributed by atoms with Crippen LogP contribution in [0.15, 0.2) is 24.4 Å². The van der Waals surface area contributed by atoms with Crippen LogP contribution in [0.4, 0.5) is 13.2 Å². The number of hydrogen-bond donors (Lipinski definition) is 3. The van der Waals surface area contributed by atoms with E-state index in [1.54, 1.807) is 0 Å². The summed E-state index contributed by atoms with van der Waals surface area (Å²) in [6.07, 6.45) is -3.64. The van der Waals surface area contributed by atoms with E-state index in [1.165, 1.54) is 24.4 Å². The lowest BCUT2D eigenvalue weighted by molar-refractivity contribution is -0.155. The molecule has 0 aliphatic heterocycles. The van der Waals surface area contributed by atoms with Gasteiger partial charge in [0.2, 0.25) is 0 Å². The highest BCUT2D eigenvalue weighted by Crippen LogP contribution is 2.31. The minimum absolute atomic E-state index is 0.0880. The highest BCUT2D eigenvalue weighted by Gasteiger charge is 2.40. The van der Waals surface area contributed by atoms with Gasteiger partial charge in [-0.2, -0.15) is 13.2 Å². The third-order valence-electron chi connectivity index (χ3n) is 3.07. The molecule has 23 heavy (non-hydrogen) atoms. The molecule has 1 atom stereocenters. The fraction of sp³-hybridized carbons (Fsp3) is 0.308. The summed E-state index contributed by atoms with van der Waals surface area (Å²) in [6, 6.07) is 4.16. The summed E-state index contributed by atoms with van der Waals surface area (Å²) in [5.74, 6) is -2.82. The second kappa shape index (κ2) is 5.54. The number of carbonyl (C=O) groups excluding carboxylic acids is 1. The number of carboxylic acids is 1. The first kappa shape index (κ1) is 16.7. The van der Waals surface area contributed by atoms with Crippen LogP contribution < -0.4 is 5.32 Å². The molecule has 2 rings (SSSR count). The molecule has 2 heterocycles. The lowest BCUT2D eigenvalue weighted by atomic mass is 10.1. The number of nitrogens with one attached hydrogen (secondary N) is 1. The zero-order valence-electron chi connectivity index (χ0n) is 11.8. The Kier molecular flexibility index (Phi) is 4.03. The minimum atomic E-state index is -4.87. The van der Waals surface area contributed by atoms with Crippen molar-refractivity contribution in [3.8, 4) is 0 Å². The number of rotatable bonds is 4. The number of aliphatic carboxylic acids is 1. The van der Waals surface area contributed by atoms with E-state index >= 15 is 0 Å². The molecule has 0 radical (unpaired) electrons. The average Bonchev–Trinajstić information content (AvgIpc) is 2.84. The van der Waals surface area contributed by atoms with Crippen molar-refractivity contribution in [2.75, 3.05) is 6.54 Å². The van der Waals surface area contributed by atoms with Crippen LogP contribution in [0.25, 0.3) is 5.65 Å². The molecule has 0 aromatic carbocycles. The Morgan fingerprint density at radius 1 is 1.35 bits per heavy atom. The molecule has 0 spiro atoms. The highest BCUT2D eigenvalue weighted by molar-refractivity contribution is 5.95. The van der Waals surface area contributed by atoms with Crippen LogP contribution in [0.5, 0.6) is 0 Å². The molecule has 2 aromatic heterocycles. The summed E-state index contributed by atoms with van der Waals surface area (Å²) in [4.78, 5) is 26.2. The van der Waals surface area contributed by atoms with Gasteiger partial charge in [0.1, 0.15) is 11.3 Å². The number of carboxylic acid groups (broad SMARTS) is 1. The predicted octanol–water partition coefficient (Wildman–Crippen LogP) is 0.919. The second-order valence-corrected chi connectivity index (χ2v) is 5.00. The number of nitrogens with zero attached hydrogens (tertiary/aromatic N) is 2. The maximum absolute atomic E-state index is 13.1. The smallest absolute Gasteiger partial charge is 0.435 e. The Hall–Kier alpha value is -2.62. The predicted molar refractivity (Wildman–Crippen MR) is 70.8 cm³/mol. The zero-order valence-corrected chi connectivity index (χ0v) is 11.8. The van der Waals surface area contributed by atoms with Gasteiger partial charge in [-0.3, -0.25) is 9.20 Å². The molecule has 1 unspecified atom stereocenters. The van der Waals surface area contributed by atoms with Crippen molar-refractivity contribution in [2.24, 2.45) is 0 Å². The van der Waals surface area contributed by atoms with Gasteiger partial charge in [0.05, 0.1) is 6.54 Å². The van der Waals surface area contributed by atoms with Crippen molar-refractivity contribution in [2.45, 2.75) is 18.7 Å². The lowest BCUT2D eigenvalue weighted by Gasteiger charge is -2.18. The van der Waals surface area contributed by atoms with Crippen LogP contribution in [0.2, 0.25) is 0 Å². The quantitative estimate of drug-likeness (QED) is 0.773. The Balaban J connectivity index is 2.42. The van der Waals surface area contributed by atoms with Gasteiger partial charge in [-0.15, -0.1) is 0 Å². The first-order chi connectivity index (χ1) is 10.5. The van der Waals surface area contributed by atoms with Gasteiger partial charge < -0.3 is 15.5 Å². The highest BCUT2D eigenvalue weighted by atomic mass is 19.4. The van der Waals surface area contributed by atoms with Crippen molar-refractivity contribution in [3.63, 3.8) is 0 Å². The Labute approximate surface area is 127 Å². The van der Waals surface area contributed by atoms with E-state index in [1.807, 2.05) is 5.32 Å². The van der Waals surface area contributed by atoms with Crippen molar-refractivity contribution < 1.29 is 33.0 Å². The number of aliphatic hydroxyl groups is 1. The largest absolute Gasteiger partial charge is 0.479 e. The molecular weight excluding hydrogens is 319 g/mol. The van der Waals surface area contributed by atoms with Crippen molar-refractivity contribution in [3.05, 3.63) is 35.8 Å². The van der Waals surface area contributed by atoms with Gasteiger partial charge >= 0.3 is 12.1 Å². The molecule has 3 N–H and O–H groups in total. The van der Waals surface area contributed by atoms with Crippen LogP contribution in [0, 0.1) is 0 Å². The van der Waals surface area contributed by atoms with Crippen molar-refractivity contribution in [1.29, 1.82) is 0 Å². The minimum Gasteiger partial charge on any atom is -0.479 e. The van der Waals surface area contributed by atoms with E-state index in [0.717, 1.165) is 11.3 Å².